The van der Waals surface area contributed by atoms with E-state index in [-0.39, 0.29) is 0 Å². The highest BCUT2D eigenvalue weighted by Crippen LogP contribution is 2.57. The van der Waals surface area contributed by atoms with Gasteiger partial charge in [-0.2, -0.15) is 0 Å². The molecule has 0 aliphatic carbocycles. The molecule has 0 aliphatic rings. The molecule has 30 heavy (non-hydrogen) atoms. The smallest absolute Gasteiger partial charge is 0.450 e. The van der Waals surface area contributed by atoms with Crippen molar-refractivity contribution in [2.45, 2.75) is 136 Å². The van der Waals surface area contributed by atoms with E-state index in [9.17, 15) is 0 Å². The Kier molecular flexibility index (Phi) is 26.5. The molecule has 0 aromatic rings. The molecular weight excluding hydrogens is 391 g/mol. The second-order valence-electron chi connectivity index (χ2n) is 9.38. The van der Waals surface area contributed by atoms with Gasteiger partial charge in [-0.15, -0.1) is 0 Å². The summed E-state index contributed by atoms with van der Waals surface area (Å²) < 4.78 is 0. The number of hydrogen-bond donors (Lipinski definition) is 2. The fourth-order valence-electron chi connectivity index (χ4n) is 4.16. The first kappa shape index (κ1) is 31.9. The topological polar surface area (TPSA) is 57.5 Å². The van der Waals surface area contributed by atoms with Gasteiger partial charge >= 0.3 is 6.16 Å². The summed E-state index contributed by atoms with van der Waals surface area (Å²) in [6.07, 6.45) is 29.4. The van der Waals surface area contributed by atoms with Crippen LogP contribution in [0.4, 0.5) is 4.79 Å². The third-order valence-electron chi connectivity index (χ3n) is 6.15. The van der Waals surface area contributed by atoms with Crippen molar-refractivity contribution in [3.05, 3.63) is 0 Å². The van der Waals surface area contributed by atoms with Gasteiger partial charge in [0.05, 0.1) is 18.5 Å². The van der Waals surface area contributed by atoms with Crippen LogP contribution in [-0.2, 0) is 0 Å². The highest BCUT2D eigenvalue weighted by Gasteiger charge is 2.29. The number of rotatable bonds is 21. The third-order valence-corrected chi connectivity index (χ3v) is 10.3. The molecule has 0 radical (unpaired) electrons. The zero-order valence-electron chi connectivity index (χ0n) is 21.1. The van der Waals surface area contributed by atoms with Gasteiger partial charge in [-0.05, 0) is 38.5 Å². The van der Waals surface area contributed by atoms with Crippen molar-refractivity contribution in [3.63, 3.8) is 0 Å². The molecule has 0 bridgehead atoms. The highest BCUT2D eigenvalue weighted by molar-refractivity contribution is 7.75. The Morgan fingerprint density at radius 3 is 0.933 bits per heavy atom. The zero-order chi connectivity index (χ0) is 22.9. The molecule has 0 amide bonds. The van der Waals surface area contributed by atoms with E-state index in [0.717, 1.165) is 0 Å². The van der Waals surface area contributed by atoms with Crippen LogP contribution in [0.15, 0.2) is 0 Å². The minimum atomic E-state index is -1.83. The van der Waals surface area contributed by atoms with Crippen molar-refractivity contribution in [1.29, 1.82) is 0 Å². The summed E-state index contributed by atoms with van der Waals surface area (Å²) in [5.41, 5.74) is 0. The molecule has 0 unspecified atom stereocenters. The van der Waals surface area contributed by atoms with E-state index in [4.69, 9.17) is 15.0 Å². The fourth-order valence-corrected chi connectivity index (χ4v) is 7.79. The molecule has 3 nitrogen and oxygen atoms in total. The van der Waals surface area contributed by atoms with Crippen LogP contribution in [0.1, 0.15) is 136 Å². The maximum atomic E-state index is 8.56. The lowest BCUT2D eigenvalue weighted by atomic mass is 10.1. The maximum absolute atomic E-state index is 8.56. The van der Waals surface area contributed by atoms with Crippen molar-refractivity contribution in [2.75, 3.05) is 25.2 Å². The summed E-state index contributed by atoms with van der Waals surface area (Å²) in [4.78, 5) is 8.56. The molecule has 0 saturated carbocycles. The average Bonchev–Trinajstić information content (AvgIpc) is 2.70. The van der Waals surface area contributed by atoms with Crippen LogP contribution in [-0.4, -0.2) is 41.5 Å². The Morgan fingerprint density at radius 1 is 0.500 bits per heavy atom. The lowest BCUT2D eigenvalue weighted by Crippen LogP contribution is -2.08. The van der Waals surface area contributed by atoms with E-state index in [1.54, 1.807) is 18.5 Å². The number of hydrogen-bond acceptors (Lipinski definition) is 1. The fraction of sp³-hybridized carbons (Fsp3) is 0.962. The van der Waals surface area contributed by atoms with Gasteiger partial charge < -0.3 is 10.2 Å². The van der Waals surface area contributed by atoms with Gasteiger partial charge in [0.15, 0.2) is 0 Å². The minimum absolute atomic E-state index is 0.636. The largest absolute Gasteiger partial charge is 0.503 e. The summed E-state index contributed by atoms with van der Waals surface area (Å²) in [6.45, 7) is 9.70. The van der Waals surface area contributed by atoms with Crippen molar-refractivity contribution in [2.24, 2.45) is 0 Å². The summed E-state index contributed by atoms with van der Waals surface area (Å²) >= 11 is 0. The number of carbonyl (C=O) groups is 1. The van der Waals surface area contributed by atoms with Crippen LogP contribution in [0.5, 0.6) is 0 Å². The normalized spacial score (nSPS) is 11.2. The van der Waals surface area contributed by atoms with Crippen molar-refractivity contribution in [3.8, 4) is 0 Å². The number of carboxylic acid groups (broad SMARTS) is 2. The lowest BCUT2D eigenvalue weighted by Gasteiger charge is -2.24. The monoisotopic (exact) mass is 447 g/mol. The van der Waals surface area contributed by atoms with E-state index in [0.29, 0.717) is 0 Å². The van der Waals surface area contributed by atoms with E-state index < -0.39 is 13.4 Å². The summed E-state index contributed by atoms with van der Waals surface area (Å²) in [5, 5.41) is 13.9. The van der Waals surface area contributed by atoms with Crippen LogP contribution >= 0.6 is 7.26 Å². The predicted octanol–water partition coefficient (Wildman–Crippen LogP) is 9.94. The molecule has 0 atom stereocenters. The van der Waals surface area contributed by atoms with Gasteiger partial charge in [-0.3, -0.25) is 0 Å². The summed E-state index contributed by atoms with van der Waals surface area (Å²) in [7, 11) is -0.636. The van der Waals surface area contributed by atoms with Gasteiger partial charge in [0, 0.05) is 13.9 Å². The zero-order valence-corrected chi connectivity index (χ0v) is 22.0. The highest BCUT2D eigenvalue weighted by atomic mass is 31.2. The van der Waals surface area contributed by atoms with Gasteiger partial charge in [0.2, 0.25) is 0 Å². The van der Waals surface area contributed by atoms with Gasteiger partial charge in [0.1, 0.15) is 0 Å². The Hall–Kier alpha value is -0.300. The quantitative estimate of drug-likeness (QED) is 0.136. The lowest BCUT2D eigenvalue weighted by molar-refractivity contribution is 0.137. The van der Waals surface area contributed by atoms with Crippen LogP contribution < -0.4 is 0 Å². The van der Waals surface area contributed by atoms with Crippen LogP contribution in [0.25, 0.3) is 0 Å². The molecule has 0 aromatic heterocycles. The van der Waals surface area contributed by atoms with Gasteiger partial charge in [0.25, 0.3) is 0 Å². The molecule has 0 saturated heterocycles. The second-order valence-corrected chi connectivity index (χ2v) is 14.0. The Morgan fingerprint density at radius 2 is 0.700 bits per heavy atom. The summed E-state index contributed by atoms with van der Waals surface area (Å²) in [5.74, 6) is 0. The van der Waals surface area contributed by atoms with Gasteiger partial charge in [-0.1, -0.05) is 97.8 Å². The number of unbranched alkanes of at least 4 members (excludes halogenated alkanes) is 15. The molecule has 0 aliphatic heterocycles. The molecule has 0 rings (SSSR count). The van der Waals surface area contributed by atoms with Crippen LogP contribution in [0.3, 0.4) is 0 Å². The molecule has 182 valence electrons. The van der Waals surface area contributed by atoms with Crippen molar-refractivity contribution in [1.82, 2.24) is 0 Å². The van der Waals surface area contributed by atoms with Crippen molar-refractivity contribution < 1.29 is 15.0 Å². The second kappa shape index (κ2) is 25.0. The third kappa shape index (κ3) is 27.7. The van der Waals surface area contributed by atoms with Crippen molar-refractivity contribution >= 4 is 13.4 Å². The average molecular weight is 448 g/mol. The first-order valence-corrected chi connectivity index (χ1v) is 16.0. The van der Waals surface area contributed by atoms with E-state index in [1.165, 1.54) is 116 Å². The Bertz CT molecular complexity index is 302. The Labute approximate surface area is 190 Å². The summed E-state index contributed by atoms with van der Waals surface area (Å²) in [6, 6.07) is 0. The van der Waals surface area contributed by atoms with Crippen LogP contribution in [0.2, 0.25) is 0 Å². The Balaban J connectivity index is 0. The van der Waals surface area contributed by atoms with E-state index in [2.05, 4.69) is 27.4 Å². The molecule has 0 fully saturated rings. The van der Waals surface area contributed by atoms with Crippen LogP contribution in [0, 0.1) is 0 Å². The minimum Gasteiger partial charge on any atom is -0.450 e. The standard InChI is InChI=1S/C25H54P.CH2O3/c1-5-8-11-14-17-20-23-26(4,24-21-18-15-12-9-6-2)25-22-19-16-13-10-7-3;2-1(3)4/h5-25H2,1-4H3;(H2,2,3,4)/q+1;. The first-order chi connectivity index (χ1) is 14.4. The molecule has 2 N–H and O–H groups in total. The first-order valence-electron chi connectivity index (χ1n) is 13.2. The SMILES string of the molecule is CCCCCCCC[P+](C)(CCCCCCCC)CCCCCCCC.O=C(O)O. The predicted molar refractivity (Wildman–Crippen MR) is 138 cm³/mol. The maximum Gasteiger partial charge on any atom is 0.503 e. The molecule has 0 heterocycles. The molecule has 0 spiro atoms. The molecule has 4 heteroatoms. The molecule has 0 aromatic carbocycles. The van der Waals surface area contributed by atoms with E-state index >= 15 is 0 Å². The van der Waals surface area contributed by atoms with E-state index in [1.807, 2.05) is 0 Å². The molecular formula is C26H56O3P+. The van der Waals surface area contributed by atoms with Gasteiger partial charge in [-0.25, -0.2) is 4.79 Å².